The second-order valence-corrected chi connectivity index (χ2v) is 10.6. The Labute approximate surface area is 239 Å². The van der Waals surface area contributed by atoms with Gasteiger partial charge in [-0.2, -0.15) is 9.61 Å². The zero-order valence-corrected chi connectivity index (χ0v) is 25.8. The Bertz CT molecular complexity index is 1300. The number of nitrogens with two attached hydrogens (primary N) is 1. The van der Waals surface area contributed by atoms with Crippen molar-refractivity contribution < 1.29 is 4.39 Å². The van der Waals surface area contributed by atoms with E-state index in [1.807, 2.05) is 55.1 Å². The normalized spacial score (nSPS) is 14.1. The predicted octanol–water partition coefficient (Wildman–Crippen LogP) is 8.48. The van der Waals surface area contributed by atoms with Crippen LogP contribution in [0.1, 0.15) is 39.2 Å². The first kappa shape index (κ1) is 32.2. The second-order valence-electron chi connectivity index (χ2n) is 8.69. The van der Waals surface area contributed by atoms with Gasteiger partial charge in [-0.15, -0.1) is 8.58 Å². The number of aromatic nitrogens is 3. The Kier molecular flexibility index (Phi) is 14.5. The summed E-state index contributed by atoms with van der Waals surface area (Å²) in [4.78, 5) is 0.649. The number of fused-ring (bicyclic) bond motifs is 1. The summed E-state index contributed by atoms with van der Waals surface area (Å²) in [6, 6.07) is 7.16. The molecule has 0 radical (unpaired) electrons. The van der Waals surface area contributed by atoms with Crippen molar-refractivity contribution in [3.8, 4) is 0 Å². The average Bonchev–Trinajstić information content (AvgIpc) is 3.54. The van der Waals surface area contributed by atoms with Gasteiger partial charge in [0.1, 0.15) is 17.3 Å². The van der Waals surface area contributed by atoms with Gasteiger partial charge < -0.3 is 11.1 Å². The van der Waals surface area contributed by atoms with Crippen LogP contribution in [-0.2, 0) is 0 Å². The third-order valence-corrected chi connectivity index (χ3v) is 6.79. The largest absolute Gasteiger partial charge is 0.405 e. The first-order valence-electron chi connectivity index (χ1n) is 13.4. The molecule has 0 saturated heterocycles. The number of benzene rings is 1. The Morgan fingerprint density at radius 3 is 2.56 bits per heavy atom. The van der Waals surface area contributed by atoms with E-state index in [0.717, 1.165) is 38.5 Å². The molecule has 8 heteroatoms. The molecule has 0 aliphatic heterocycles. The van der Waals surface area contributed by atoms with Gasteiger partial charge in [0.25, 0.3) is 0 Å². The molecule has 0 fully saturated rings. The van der Waals surface area contributed by atoms with Crippen LogP contribution in [0.3, 0.4) is 0 Å². The van der Waals surface area contributed by atoms with E-state index in [1.54, 1.807) is 12.1 Å². The van der Waals surface area contributed by atoms with E-state index < -0.39 is 0 Å². The van der Waals surface area contributed by atoms with E-state index >= 15 is 0 Å². The number of halogens is 1. The van der Waals surface area contributed by atoms with Crippen molar-refractivity contribution in [1.82, 2.24) is 14.2 Å². The maximum atomic E-state index is 14.2. The predicted molar refractivity (Wildman–Crippen MR) is 173 cm³/mol. The number of imidazole rings is 1. The van der Waals surface area contributed by atoms with Crippen molar-refractivity contribution in [2.24, 2.45) is 11.7 Å². The molecule has 0 amide bonds. The molecule has 2 heterocycles. The Hall–Kier alpha value is -3.02. The minimum absolute atomic E-state index is 0.0697. The van der Waals surface area contributed by atoms with E-state index in [1.165, 1.54) is 35.3 Å². The number of nitrogens with one attached hydrogen (secondary N) is 1. The standard InChI is InChI=1S/C27H30FN5S.C2H7P.C2H6/c1-20-8-3-4-12-24(20)32-19-25(33-26(32)13-16-31-33)30-18-22(10-5-6-15-29)14-17-34-27-21(2)9-7-11-23(27)28;1-3-2;1-2/h5-17,19,22,30H,3-4,18,29H2,1-2H3;3H,1-2H3;1-2H3/b10-5?,15-6+,17-14-;;. The third-order valence-electron chi connectivity index (χ3n) is 5.74. The lowest BCUT2D eigenvalue weighted by atomic mass is 10.0. The van der Waals surface area contributed by atoms with Gasteiger partial charge in [-0.25, -0.2) is 4.39 Å². The molecule has 0 spiro atoms. The molecule has 3 N–H and O–H groups in total. The van der Waals surface area contributed by atoms with Gasteiger partial charge in [-0.05, 0) is 74.9 Å². The maximum Gasteiger partial charge on any atom is 0.146 e. The smallest absolute Gasteiger partial charge is 0.146 e. The molecule has 1 unspecified atom stereocenters. The van der Waals surface area contributed by atoms with Crippen molar-refractivity contribution >= 4 is 37.5 Å². The van der Waals surface area contributed by atoms with Gasteiger partial charge in [-0.1, -0.05) is 68.1 Å². The lowest BCUT2D eigenvalue weighted by Crippen LogP contribution is -2.11. The van der Waals surface area contributed by atoms with Crippen LogP contribution in [0.15, 0.2) is 95.2 Å². The van der Waals surface area contributed by atoms with Crippen LogP contribution in [0.5, 0.6) is 0 Å². The number of rotatable bonds is 9. The number of anilines is 1. The summed E-state index contributed by atoms with van der Waals surface area (Å²) in [6.07, 6.45) is 19.9. The number of allylic oxidation sites excluding steroid dienone is 6. The summed E-state index contributed by atoms with van der Waals surface area (Å²) in [5.74, 6) is 0.785. The lowest BCUT2D eigenvalue weighted by molar-refractivity contribution is 0.600. The zero-order valence-electron chi connectivity index (χ0n) is 24.0. The van der Waals surface area contributed by atoms with Gasteiger partial charge in [-0.3, -0.25) is 4.57 Å². The SMILES string of the molecule is CC.CC1=CCCC=C1n1cc(NCC(C=C/C=C/N)/C=C\Sc2c(C)cccc2F)n2nccc12.CPC. The molecule has 5 nitrogen and oxygen atoms in total. The molecule has 210 valence electrons. The van der Waals surface area contributed by atoms with Gasteiger partial charge in [0.2, 0.25) is 0 Å². The summed E-state index contributed by atoms with van der Waals surface area (Å²) in [7, 11) is 1.08. The summed E-state index contributed by atoms with van der Waals surface area (Å²) in [6.45, 7) is 13.0. The zero-order chi connectivity index (χ0) is 28.6. The van der Waals surface area contributed by atoms with Gasteiger partial charge >= 0.3 is 0 Å². The van der Waals surface area contributed by atoms with Crippen LogP contribution < -0.4 is 11.1 Å². The highest BCUT2D eigenvalue weighted by Crippen LogP contribution is 2.29. The van der Waals surface area contributed by atoms with Crippen molar-refractivity contribution in [1.29, 1.82) is 0 Å². The van der Waals surface area contributed by atoms with E-state index in [2.05, 4.69) is 65.7 Å². The van der Waals surface area contributed by atoms with Crippen LogP contribution in [-0.4, -0.2) is 34.1 Å². The van der Waals surface area contributed by atoms with Crippen molar-refractivity contribution in [3.63, 3.8) is 0 Å². The molecule has 1 aromatic carbocycles. The fourth-order valence-electron chi connectivity index (χ4n) is 3.96. The summed E-state index contributed by atoms with van der Waals surface area (Å²) >= 11 is 1.39. The number of aryl methyl sites for hydroxylation is 1. The molecule has 2 aromatic heterocycles. The topological polar surface area (TPSA) is 60.3 Å². The van der Waals surface area contributed by atoms with Crippen LogP contribution in [0.4, 0.5) is 10.2 Å². The summed E-state index contributed by atoms with van der Waals surface area (Å²) in [5.41, 5.74) is 9.90. The van der Waals surface area contributed by atoms with E-state index in [-0.39, 0.29) is 11.7 Å². The van der Waals surface area contributed by atoms with Crippen molar-refractivity contribution in [2.45, 2.75) is 45.4 Å². The highest BCUT2D eigenvalue weighted by atomic mass is 32.2. The van der Waals surface area contributed by atoms with E-state index in [9.17, 15) is 4.39 Å². The molecule has 1 aliphatic carbocycles. The molecule has 3 aromatic rings. The molecular formula is C31H43FN5PS. The summed E-state index contributed by atoms with van der Waals surface area (Å²) < 4.78 is 18.3. The number of hydrogen-bond donors (Lipinski definition) is 2. The van der Waals surface area contributed by atoms with Crippen LogP contribution >= 0.6 is 20.3 Å². The van der Waals surface area contributed by atoms with E-state index in [4.69, 9.17) is 5.73 Å². The Morgan fingerprint density at radius 2 is 1.87 bits per heavy atom. The fraction of sp³-hybridized carbons (Fsp3) is 0.323. The van der Waals surface area contributed by atoms with E-state index in [0.29, 0.717) is 11.4 Å². The maximum absolute atomic E-state index is 14.2. The number of hydrogen-bond acceptors (Lipinski definition) is 4. The second kappa shape index (κ2) is 17.5. The minimum atomic E-state index is -0.199. The molecule has 1 aliphatic rings. The highest BCUT2D eigenvalue weighted by molar-refractivity contribution is 8.02. The highest BCUT2D eigenvalue weighted by Gasteiger charge is 2.15. The average molecular weight is 568 g/mol. The first-order valence-corrected chi connectivity index (χ1v) is 16.3. The monoisotopic (exact) mass is 567 g/mol. The Morgan fingerprint density at radius 1 is 1.13 bits per heavy atom. The van der Waals surface area contributed by atoms with Crippen LogP contribution in [0.25, 0.3) is 11.3 Å². The fourth-order valence-corrected chi connectivity index (χ4v) is 4.81. The van der Waals surface area contributed by atoms with Gasteiger partial charge in [0.05, 0.1) is 17.3 Å². The molecule has 1 atom stereocenters. The van der Waals surface area contributed by atoms with Crippen LogP contribution in [0, 0.1) is 18.7 Å². The van der Waals surface area contributed by atoms with Crippen molar-refractivity contribution in [2.75, 3.05) is 25.2 Å². The van der Waals surface area contributed by atoms with Crippen LogP contribution in [0.2, 0.25) is 0 Å². The minimum Gasteiger partial charge on any atom is -0.405 e. The molecule has 0 saturated carbocycles. The molecule has 0 bridgehead atoms. The summed E-state index contributed by atoms with van der Waals surface area (Å²) in [5, 5.41) is 10.00. The molecular weight excluding hydrogens is 524 g/mol. The number of thioether (sulfide) groups is 1. The molecule has 4 rings (SSSR count). The third kappa shape index (κ3) is 9.29. The lowest BCUT2D eigenvalue weighted by Gasteiger charge is -2.14. The quantitative estimate of drug-likeness (QED) is 0.155. The van der Waals surface area contributed by atoms with Gasteiger partial charge in [0, 0.05) is 24.2 Å². The number of nitrogens with zero attached hydrogens (tertiary/aromatic N) is 3. The Balaban J connectivity index is 0.000000998. The first-order chi connectivity index (χ1) is 19.0. The van der Waals surface area contributed by atoms with Crippen molar-refractivity contribution in [3.05, 3.63) is 102 Å². The van der Waals surface area contributed by atoms with Gasteiger partial charge in [0.15, 0.2) is 0 Å². The molecule has 39 heavy (non-hydrogen) atoms.